The first-order valence-electron chi connectivity index (χ1n) is 9.77. The Labute approximate surface area is 170 Å². The Hall–Kier alpha value is -3.28. The molecule has 6 heteroatoms. The number of aromatic nitrogens is 2. The Bertz CT molecular complexity index is 947. The van der Waals surface area contributed by atoms with Crippen molar-refractivity contribution in [2.24, 2.45) is 0 Å². The highest BCUT2D eigenvalue weighted by atomic mass is 19.1. The summed E-state index contributed by atoms with van der Waals surface area (Å²) in [4.78, 5) is 21.0. The zero-order valence-electron chi connectivity index (χ0n) is 16.5. The molecule has 1 aromatic heterocycles. The fourth-order valence-corrected chi connectivity index (χ4v) is 3.03. The van der Waals surface area contributed by atoms with Crippen molar-refractivity contribution in [3.8, 4) is 0 Å². The largest absolute Gasteiger partial charge is 0.370 e. The third kappa shape index (κ3) is 6.38. The molecule has 0 aliphatic heterocycles. The number of carbonyl (C=O) groups is 1. The molecule has 0 bridgehead atoms. The van der Waals surface area contributed by atoms with Crippen molar-refractivity contribution in [3.05, 3.63) is 89.1 Å². The van der Waals surface area contributed by atoms with Crippen LogP contribution in [0.2, 0.25) is 0 Å². The number of hydrogen-bond acceptors (Lipinski definition) is 4. The van der Waals surface area contributed by atoms with Gasteiger partial charge in [-0.2, -0.15) is 0 Å². The number of benzene rings is 2. The van der Waals surface area contributed by atoms with Crippen LogP contribution in [0.5, 0.6) is 0 Å². The number of aryl methyl sites for hydroxylation is 2. The highest BCUT2D eigenvalue weighted by Gasteiger charge is 2.10. The Morgan fingerprint density at radius 2 is 1.72 bits per heavy atom. The number of nitrogens with one attached hydrogen (secondary N) is 2. The van der Waals surface area contributed by atoms with Gasteiger partial charge in [-0.05, 0) is 43.4 Å². The summed E-state index contributed by atoms with van der Waals surface area (Å²) in [6.07, 6.45) is 2.35. The van der Waals surface area contributed by atoms with Gasteiger partial charge < -0.3 is 10.6 Å². The molecule has 0 fully saturated rings. The molecule has 0 aliphatic rings. The van der Waals surface area contributed by atoms with E-state index >= 15 is 0 Å². The molecule has 29 heavy (non-hydrogen) atoms. The van der Waals surface area contributed by atoms with E-state index in [1.165, 1.54) is 11.6 Å². The lowest BCUT2D eigenvalue weighted by atomic mass is 10.1. The second-order valence-corrected chi connectivity index (χ2v) is 6.80. The predicted molar refractivity (Wildman–Crippen MR) is 112 cm³/mol. The molecular formula is C23H25FN4O. The number of carbonyl (C=O) groups excluding carboxylic acids is 1. The van der Waals surface area contributed by atoms with E-state index in [0.29, 0.717) is 35.9 Å². The molecule has 0 atom stereocenters. The highest BCUT2D eigenvalue weighted by molar-refractivity contribution is 5.92. The quantitative estimate of drug-likeness (QED) is 0.541. The second kappa shape index (κ2) is 10.3. The van der Waals surface area contributed by atoms with Crippen LogP contribution < -0.4 is 10.6 Å². The maximum Gasteiger partial charge on any atom is 0.270 e. The van der Waals surface area contributed by atoms with Gasteiger partial charge in [-0.15, -0.1) is 0 Å². The number of halogens is 1. The van der Waals surface area contributed by atoms with Crippen LogP contribution >= 0.6 is 0 Å². The Kier molecular flexibility index (Phi) is 7.28. The van der Waals surface area contributed by atoms with E-state index in [1.54, 1.807) is 31.2 Å². The minimum Gasteiger partial charge on any atom is -0.370 e. The molecule has 3 aromatic rings. The summed E-state index contributed by atoms with van der Waals surface area (Å²) in [5.74, 6) is 0.600. The van der Waals surface area contributed by atoms with Gasteiger partial charge in [-0.3, -0.25) is 4.79 Å². The molecule has 0 aliphatic carbocycles. The zero-order chi connectivity index (χ0) is 20.5. The Morgan fingerprint density at radius 3 is 2.52 bits per heavy atom. The molecule has 2 aromatic carbocycles. The molecule has 150 valence electrons. The molecule has 1 amide bonds. The van der Waals surface area contributed by atoms with Crippen molar-refractivity contribution in [1.82, 2.24) is 15.3 Å². The smallest absolute Gasteiger partial charge is 0.270 e. The lowest BCUT2D eigenvalue weighted by Gasteiger charge is -2.09. The van der Waals surface area contributed by atoms with Gasteiger partial charge in [0, 0.05) is 19.2 Å². The van der Waals surface area contributed by atoms with E-state index in [1.807, 2.05) is 18.2 Å². The summed E-state index contributed by atoms with van der Waals surface area (Å²) in [6, 6.07) is 18.5. The molecule has 0 saturated heterocycles. The van der Waals surface area contributed by atoms with Crippen molar-refractivity contribution in [2.45, 2.75) is 26.2 Å². The van der Waals surface area contributed by atoms with Crippen LogP contribution in [0, 0.1) is 12.7 Å². The first kappa shape index (κ1) is 20.5. The van der Waals surface area contributed by atoms with Crippen molar-refractivity contribution >= 4 is 11.7 Å². The fourth-order valence-electron chi connectivity index (χ4n) is 3.03. The predicted octanol–water partition coefficient (Wildman–Crippen LogP) is 3.94. The van der Waals surface area contributed by atoms with E-state index in [2.05, 4.69) is 32.7 Å². The summed E-state index contributed by atoms with van der Waals surface area (Å²) in [5.41, 5.74) is 2.17. The lowest BCUT2D eigenvalue weighted by Crippen LogP contribution is -2.27. The van der Waals surface area contributed by atoms with Gasteiger partial charge in [0.05, 0.1) is 0 Å². The van der Waals surface area contributed by atoms with Gasteiger partial charge in [0.2, 0.25) is 0 Å². The molecule has 2 N–H and O–H groups in total. The Balaban J connectivity index is 1.49. The molecular weight excluding hydrogens is 367 g/mol. The van der Waals surface area contributed by atoms with Crippen LogP contribution in [0.3, 0.4) is 0 Å². The topological polar surface area (TPSA) is 66.9 Å². The van der Waals surface area contributed by atoms with Crippen LogP contribution in [-0.2, 0) is 12.8 Å². The van der Waals surface area contributed by atoms with Crippen LogP contribution in [-0.4, -0.2) is 29.0 Å². The van der Waals surface area contributed by atoms with Crippen molar-refractivity contribution in [1.29, 1.82) is 0 Å². The molecule has 0 unspecified atom stereocenters. The monoisotopic (exact) mass is 392 g/mol. The van der Waals surface area contributed by atoms with Gasteiger partial charge >= 0.3 is 0 Å². The zero-order valence-corrected chi connectivity index (χ0v) is 16.5. The summed E-state index contributed by atoms with van der Waals surface area (Å²) < 4.78 is 13.7. The first-order valence-corrected chi connectivity index (χ1v) is 9.77. The number of rotatable bonds is 9. The third-order valence-corrected chi connectivity index (χ3v) is 4.50. The molecule has 1 heterocycles. The van der Waals surface area contributed by atoms with Crippen molar-refractivity contribution in [2.75, 3.05) is 18.4 Å². The first-order chi connectivity index (χ1) is 14.1. The average molecular weight is 392 g/mol. The normalized spacial score (nSPS) is 10.6. The van der Waals surface area contributed by atoms with Crippen LogP contribution in [0.15, 0.2) is 60.7 Å². The standard InChI is InChI=1S/C23H25FN4O/c1-17-27-21(23(29)26-15-13-19-11-5-6-12-20(19)24)16-22(28-17)25-14-7-10-18-8-3-2-4-9-18/h2-6,8-9,11-12,16H,7,10,13-15H2,1H3,(H,26,29)(H,25,27,28). The van der Waals surface area contributed by atoms with Gasteiger partial charge in [0.25, 0.3) is 5.91 Å². The summed E-state index contributed by atoms with van der Waals surface area (Å²) in [6.45, 7) is 2.84. The molecule has 0 spiro atoms. The van der Waals surface area contributed by atoms with Gasteiger partial charge in [-0.1, -0.05) is 48.5 Å². The number of nitrogens with zero attached hydrogens (tertiary/aromatic N) is 2. The van der Waals surface area contributed by atoms with Crippen LogP contribution in [0.4, 0.5) is 10.2 Å². The molecule has 5 nitrogen and oxygen atoms in total. The van der Waals surface area contributed by atoms with E-state index < -0.39 is 0 Å². The minimum absolute atomic E-state index is 0.262. The maximum absolute atomic E-state index is 13.7. The second-order valence-electron chi connectivity index (χ2n) is 6.80. The lowest BCUT2D eigenvalue weighted by molar-refractivity contribution is 0.0948. The number of hydrogen-bond donors (Lipinski definition) is 2. The molecule has 0 saturated carbocycles. The van der Waals surface area contributed by atoms with Gasteiger partial charge in [0.15, 0.2) is 0 Å². The minimum atomic E-state index is -0.292. The summed E-state index contributed by atoms with van der Waals surface area (Å²) in [7, 11) is 0. The van der Waals surface area contributed by atoms with Crippen molar-refractivity contribution < 1.29 is 9.18 Å². The highest BCUT2D eigenvalue weighted by Crippen LogP contribution is 2.09. The summed E-state index contributed by atoms with van der Waals surface area (Å²) >= 11 is 0. The fraction of sp³-hybridized carbons (Fsp3) is 0.261. The number of amides is 1. The van der Waals surface area contributed by atoms with Crippen LogP contribution in [0.25, 0.3) is 0 Å². The van der Waals surface area contributed by atoms with Gasteiger partial charge in [0.1, 0.15) is 23.2 Å². The van der Waals surface area contributed by atoms with E-state index in [0.717, 1.165) is 19.4 Å². The third-order valence-electron chi connectivity index (χ3n) is 4.50. The molecule has 3 rings (SSSR count). The average Bonchev–Trinajstić information content (AvgIpc) is 2.73. The van der Waals surface area contributed by atoms with E-state index in [9.17, 15) is 9.18 Å². The number of anilines is 1. The van der Waals surface area contributed by atoms with Crippen LogP contribution in [0.1, 0.15) is 33.9 Å². The van der Waals surface area contributed by atoms with Gasteiger partial charge in [-0.25, -0.2) is 14.4 Å². The summed E-state index contributed by atoms with van der Waals surface area (Å²) in [5, 5.41) is 6.05. The maximum atomic E-state index is 13.7. The SMILES string of the molecule is Cc1nc(NCCCc2ccccc2)cc(C(=O)NCCc2ccccc2F)n1. The van der Waals surface area contributed by atoms with Crippen molar-refractivity contribution in [3.63, 3.8) is 0 Å². The van der Waals surface area contributed by atoms with E-state index in [-0.39, 0.29) is 11.7 Å². The Morgan fingerprint density at radius 1 is 0.966 bits per heavy atom. The van der Waals surface area contributed by atoms with E-state index in [4.69, 9.17) is 0 Å². The molecule has 0 radical (unpaired) electrons.